The van der Waals surface area contributed by atoms with Crippen LogP contribution >= 0.6 is 0 Å². The van der Waals surface area contributed by atoms with Crippen LogP contribution in [-0.4, -0.2) is 40.1 Å². The Morgan fingerprint density at radius 1 is 1.10 bits per heavy atom. The van der Waals surface area contributed by atoms with Gasteiger partial charge in [-0.05, 0) is 75.6 Å². The second-order valence-corrected chi connectivity index (χ2v) is 8.03. The van der Waals surface area contributed by atoms with Gasteiger partial charge in [-0.1, -0.05) is 13.8 Å². The third-order valence-corrected chi connectivity index (χ3v) is 5.40. The van der Waals surface area contributed by atoms with Gasteiger partial charge in [0.2, 0.25) is 5.95 Å². The molecule has 0 aliphatic heterocycles. The summed E-state index contributed by atoms with van der Waals surface area (Å²) >= 11 is 0. The number of nitrogens with one attached hydrogen (secondary N) is 1. The maximum Gasteiger partial charge on any atom is 0.253 e. The van der Waals surface area contributed by atoms with Gasteiger partial charge in [0.15, 0.2) is 0 Å². The van der Waals surface area contributed by atoms with Gasteiger partial charge in [-0.3, -0.25) is 4.79 Å². The lowest BCUT2D eigenvalue weighted by atomic mass is 10.1. The molecule has 0 spiro atoms. The van der Waals surface area contributed by atoms with Gasteiger partial charge in [0.1, 0.15) is 5.75 Å². The van der Waals surface area contributed by atoms with Crippen molar-refractivity contribution in [2.45, 2.75) is 47.6 Å². The summed E-state index contributed by atoms with van der Waals surface area (Å²) in [5.74, 6) is 2.26. The fourth-order valence-electron chi connectivity index (χ4n) is 3.60. The zero-order chi connectivity index (χ0) is 22.4. The number of rotatable bonds is 10. The van der Waals surface area contributed by atoms with Crippen LogP contribution in [0, 0.1) is 5.92 Å². The van der Waals surface area contributed by atoms with Crippen LogP contribution in [0.2, 0.25) is 0 Å². The molecule has 6 nitrogen and oxygen atoms in total. The van der Waals surface area contributed by atoms with Gasteiger partial charge in [0, 0.05) is 30.9 Å². The first-order valence-electron chi connectivity index (χ1n) is 11.3. The van der Waals surface area contributed by atoms with Crippen LogP contribution in [-0.2, 0) is 6.54 Å². The van der Waals surface area contributed by atoms with Crippen molar-refractivity contribution in [1.82, 2.24) is 14.5 Å². The van der Waals surface area contributed by atoms with Gasteiger partial charge < -0.3 is 19.5 Å². The van der Waals surface area contributed by atoms with Crippen LogP contribution < -0.4 is 10.1 Å². The summed E-state index contributed by atoms with van der Waals surface area (Å²) in [4.78, 5) is 19.5. The number of aromatic nitrogens is 2. The number of carbonyl (C=O) groups excluding carboxylic acids is 1. The van der Waals surface area contributed by atoms with Gasteiger partial charge in [-0.15, -0.1) is 0 Å². The fraction of sp³-hybridized carbons (Fsp3) is 0.440. The molecule has 31 heavy (non-hydrogen) atoms. The molecule has 2 aromatic carbocycles. The standard InChI is InChI=1S/C25H34N4O2/c1-6-28(7-2)24(30)19-9-14-23-22(17-19)27-25(29(23)16-15-18(4)5)26-20-10-12-21(13-11-20)31-8-3/h9-14,17-18H,6-8,15-16H2,1-5H3,(H,26,27). The number of amides is 1. The molecular formula is C25H34N4O2. The van der Waals surface area contributed by atoms with E-state index in [-0.39, 0.29) is 5.91 Å². The van der Waals surface area contributed by atoms with Gasteiger partial charge in [0.05, 0.1) is 17.6 Å². The van der Waals surface area contributed by atoms with Crippen LogP contribution in [0.25, 0.3) is 11.0 Å². The van der Waals surface area contributed by atoms with Gasteiger partial charge in [-0.25, -0.2) is 4.98 Å². The predicted octanol–water partition coefficient (Wildman–Crippen LogP) is 5.71. The third-order valence-electron chi connectivity index (χ3n) is 5.40. The topological polar surface area (TPSA) is 59.4 Å². The minimum atomic E-state index is 0.0460. The molecule has 0 aliphatic carbocycles. The Bertz CT molecular complexity index is 1000. The van der Waals surface area contributed by atoms with E-state index in [1.165, 1.54) is 0 Å². The van der Waals surface area contributed by atoms with Gasteiger partial charge >= 0.3 is 0 Å². The smallest absolute Gasteiger partial charge is 0.253 e. The summed E-state index contributed by atoms with van der Waals surface area (Å²) in [5.41, 5.74) is 3.49. The lowest BCUT2D eigenvalue weighted by molar-refractivity contribution is 0.0773. The molecule has 6 heteroatoms. The van der Waals surface area contributed by atoms with Crippen LogP contribution in [0.4, 0.5) is 11.6 Å². The van der Waals surface area contributed by atoms with Crippen molar-refractivity contribution in [2.24, 2.45) is 5.92 Å². The third kappa shape index (κ3) is 5.37. The summed E-state index contributed by atoms with van der Waals surface area (Å²) < 4.78 is 7.74. The highest BCUT2D eigenvalue weighted by atomic mass is 16.5. The molecule has 0 aliphatic rings. The van der Waals surface area contributed by atoms with E-state index in [4.69, 9.17) is 9.72 Å². The number of nitrogens with zero attached hydrogens (tertiary/aromatic N) is 3. The molecular weight excluding hydrogens is 388 g/mol. The average Bonchev–Trinajstić information content (AvgIpc) is 3.10. The highest BCUT2D eigenvalue weighted by molar-refractivity contribution is 5.97. The van der Waals surface area contributed by atoms with E-state index in [9.17, 15) is 4.79 Å². The Morgan fingerprint density at radius 2 is 1.81 bits per heavy atom. The van der Waals surface area contributed by atoms with Crippen LogP contribution in [0.15, 0.2) is 42.5 Å². The fourth-order valence-corrected chi connectivity index (χ4v) is 3.60. The molecule has 3 aromatic rings. The monoisotopic (exact) mass is 422 g/mol. The maximum absolute atomic E-state index is 12.8. The Labute approximate surface area is 185 Å². The molecule has 1 heterocycles. The Morgan fingerprint density at radius 3 is 2.42 bits per heavy atom. The highest BCUT2D eigenvalue weighted by Gasteiger charge is 2.17. The number of anilines is 2. The van der Waals surface area contributed by atoms with E-state index in [0.29, 0.717) is 31.2 Å². The number of imidazole rings is 1. The predicted molar refractivity (Wildman–Crippen MR) is 127 cm³/mol. The lowest BCUT2D eigenvalue weighted by Gasteiger charge is -2.18. The van der Waals surface area contributed by atoms with Gasteiger partial charge in [-0.2, -0.15) is 0 Å². The summed E-state index contributed by atoms with van der Waals surface area (Å²) in [6.07, 6.45) is 1.05. The Kier molecular flexibility index (Phi) is 7.55. The largest absolute Gasteiger partial charge is 0.494 e. The molecule has 0 radical (unpaired) electrons. The normalized spacial score (nSPS) is 11.2. The minimum absolute atomic E-state index is 0.0460. The number of hydrogen-bond acceptors (Lipinski definition) is 4. The van der Waals surface area contributed by atoms with Crippen molar-refractivity contribution >= 4 is 28.6 Å². The average molecular weight is 423 g/mol. The van der Waals surface area contributed by atoms with Crippen molar-refractivity contribution in [3.63, 3.8) is 0 Å². The number of hydrogen-bond donors (Lipinski definition) is 1. The summed E-state index contributed by atoms with van der Waals surface area (Å²) in [6.45, 7) is 13.3. The molecule has 166 valence electrons. The van der Waals surface area contributed by atoms with Gasteiger partial charge in [0.25, 0.3) is 5.91 Å². The number of benzene rings is 2. The quantitative estimate of drug-likeness (QED) is 0.455. The van der Waals surface area contributed by atoms with E-state index in [2.05, 4.69) is 23.7 Å². The van der Waals surface area contributed by atoms with Crippen molar-refractivity contribution in [2.75, 3.05) is 25.0 Å². The summed E-state index contributed by atoms with van der Waals surface area (Å²) in [5, 5.41) is 3.45. The highest BCUT2D eigenvalue weighted by Crippen LogP contribution is 2.26. The Hall–Kier alpha value is -3.02. The molecule has 1 N–H and O–H groups in total. The SMILES string of the molecule is CCOc1ccc(Nc2nc3cc(C(=O)N(CC)CC)ccc3n2CCC(C)C)cc1. The van der Waals surface area contributed by atoms with E-state index in [0.717, 1.165) is 41.4 Å². The van der Waals surface area contributed by atoms with Crippen LogP contribution in [0.5, 0.6) is 5.75 Å². The zero-order valence-electron chi connectivity index (χ0n) is 19.3. The van der Waals surface area contributed by atoms with Crippen molar-refractivity contribution in [3.05, 3.63) is 48.0 Å². The minimum Gasteiger partial charge on any atom is -0.494 e. The lowest BCUT2D eigenvalue weighted by Crippen LogP contribution is -2.30. The molecule has 0 bridgehead atoms. The summed E-state index contributed by atoms with van der Waals surface area (Å²) in [7, 11) is 0. The molecule has 1 amide bonds. The molecule has 0 fully saturated rings. The van der Waals surface area contributed by atoms with Crippen LogP contribution in [0.1, 0.15) is 51.4 Å². The Balaban J connectivity index is 1.95. The second kappa shape index (κ2) is 10.3. The maximum atomic E-state index is 12.8. The summed E-state index contributed by atoms with van der Waals surface area (Å²) in [6, 6.07) is 13.7. The van der Waals surface area contributed by atoms with E-state index < -0.39 is 0 Å². The van der Waals surface area contributed by atoms with E-state index in [1.54, 1.807) is 0 Å². The first-order valence-corrected chi connectivity index (χ1v) is 11.3. The molecule has 1 aromatic heterocycles. The number of fused-ring (bicyclic) bond motifs is 1. The molecule has 0 unspecified atom stereocenters. The zero-order valence-corrected chi connectivity index (χ0v) is 19.3. The molecule has 0 saturated carbocycles. The molecule has 0 saturated heterocycles. The number of carbonyl (C=O) groups is 1. The van der Waals surface area contributed by atoms with E-state index >= 15 is 0 Å². The molecule has 0 atom stereocenters. The first-order chi connectivity index (χ1) is 15.0. The van der Waals surface area contributed by atoms with Crippen molar-refractivity contribution in [1.29, 1.82) is 0 Å². The second-order valence-electron chi connectivity index (χ2n) is 8.03. The van der Waals surface area contributed by atoms with E-state index in [1.807, 2.05) is 68.1 Å². The number of aryl methyl sites for hydroxylation is 1. The first kappa shape index (κ1) is 22.7. The van der Waals surface area contributed by atoms with Crippen molar-refractivity contribution in [3.8, 4) is 5.75 Å². The molecule has 3 rings (SSSR count). The van der Waals surface area contributed by atoms with Crippen molar-refractivity contribution < 1.29 is 9.53 Å². The number of ether oxygens (including phenoxy) is 1. The van der Waals surface area contributed by atoms with Crippen LogP contribution in [0.3, 0.4) is 0 Å².